The monoisotopic (exact) mass is 497 g/mol. The van der Waals surface area contributed by atoms with Gasteiger partial charge in [0.25, 0.3) is 12.3 Å². The standard InChI is InChI=1S/C25H25F2N5O4/c1-15-8-16(10-30-25(15)36-14-23(26)27)12-32-13-19-20(31-32)6-7-28-21(19)9-17(33)11-29-24(35)18-4-2-3-5-22(18)34/h2-8,10,13,17,23,33-34H,9,11-12,14H2,1H3,(H,29,35)/t17-/m1/s1. The van der Waals surface area contributed by atoms with Crippen LogP contribution in [0.15, 0.2) is 55.0 Å². The van der Waals surface area contributed by atoms with Gasteiger partial charge in [-0.3, -0.25) is 14.5 Å². The Labute approximate surface area is 205 Å². The van der Waals surface area contributed by atoms with Crippen LogP contribution in [0.2, 0.25) is 0 Å². The maximum atomic E-state index is 12.4. The quantitative estimate of drug-likeness (QED) is 0.308. The van der Waals surface area contributed by atoms with Gasteiger partial charge in [-0.25, -0.2) is 13.8 Å². The van der Waals surface area contributed by atoms with E-state index in [1.807, 2.05) is 6.20 Å². The summed E-state index contributed by atoms with van der Waals surface area (Å²) in [5.74, 6) is -0.454. The van der Waals surface area contributed by atoms with Gasteiger partial charge in [0.1, 0.15) is 5.75 Å². The van der Waals surface area contributed by atoms with E-state index in [0.717, 1.165) is 10.9 Å². The van der Waals surface area contributed by atoms with Crippen molar-refractivity contribution in [3.8, 4) is 11.6 Å². The largest absolute Gasteiger partial charge is 0.507 e. The number of rotatable bonds is 10. The molecule has 0 fully saturated rings. The molecule has 0 spiro atoms. The van der Waals surface area contributed by atoms with Crippen molar-refractivity contribution in [2.24, 2.45) is 0 Å². The summed E-state index contributed by atoms with van der Waals surface area (Å²) in [5, 5.41) is 28.2. The molecule has 3 N–H and O–H groups in total. The van der Waals surface area contributed by atoms with Gasteiger partial charge >= 0.3 is 0 Å². The van der Waals surface area contributed by atoms with Gasteiger partial charge in [0.15, 0.2) is 6.61 Å². The number of nitrogens with one attached hydrogen (secondary N) is 1. The highest BCUT2D eigenvalue weighted by Crippen LogP contribution is 2.20. The van der Waals surface area contributed by atoms with E-state index in [2.05, 4.69) is 20.4 Å². The topological polar surface area (TPSA) is 122 Å². The summed E-state index contributed by atoms with van der Waals surface area (Å²) in [6.07, 6.45) is 1.66. The zero-order valence-electron chi connectivity index (χ0n) is 19.4. The van der Waals surface area contributed by atoms with E-state index < -0.39 is 25.0 Å². The molecule has 0 aliphatic heterocycles. The van der Waals surface area contributed by atoms with Crippen molar-refractivity contribution in [2.45, 2.75) is 32.4 Å². The first-order valence-electron chi connectivity index (χ1n) is 11.2. The fourth-order valence-electron chi connectivity index (χ4n) is 3.75. The number of fused-ring (bicyclic) bond motifs is 1. The molecule has 188 valence electrons. The molecule has 0 bridgehead atoms. The van der Waals surface area contributed by atoms with E-state index >= 15 is 0 Å². The van der Waals surface area contributed by atoms with Crippen LogP contribution < -0.4 is 10.1 Å². The van der Waals surface area contributed by atoms with E-state index in [4.69, 9.17) is 4.74 Å². The minimum atomic E-state index is -2.57. The van der Waals surface area contributed by atoms with E-state index in [0.29, 0.717) is 23.3 Å². The van der Waals surface area contributed by atoms with Crippen LogP contribution in [0.5, 0.6) is 11.6 Å². The summed E-state index contributed by atoms with van der Waals surface area (Å²) in [6, 6.07) is 9.73. The minimum Gasteiger partial charge on any atom is -0.507 e. The Hall–Kier alpha value is -4.12. The number of hydrogen-bond acceptors (Lipinski definition) is 7. The molecule has 1 amide bonds. The highest BCUT2D eigenvalue weighted by molar-refractivity contribution is 5.96. The summed E-state index contributed by atoms with van der Waals surface area (Å²) >= 11 is 0. The van der Waals surface area contributed by atoms with Crippen molar-refractivity contribution in [2.75, 3.05) is 13.2 Å². The first kappa shape index (κ1) is 25.0. The van der Waals surface area contributed by atoms with Gasteiger partial charge in [-0.2, -0.15) is 5.10 Å². The van der Waals surface area contributed by atoms with Gasteiger partial charge < -0.3 is 20.3 Å². The van der Waals surface area contributed by atoms with Crippen molar-refractivity contribution < 1.29 is 28.5 Å². The number of aromatic hydroxyl groups is 1. The van der Waals surface area contributed by atoms with Gasteiger partial charge in [-0.1, -0.05) is 12.1 Å². The third-order valence-corrected chi connectivity index (χ3v) is 5.42. The number of halogens is 2. The Bertz CT molecular complexity index is 1360. The summed E-state index contributed by atoms with van der Waals surface area (Å²) in [4.78, 5) is 20.8. The van der Waals surface area contributed by atoms with E-state index in [1.54, 1.807) is 48.3 Å². The molecule has 3 heterocycles. The number of aromatic nitrogens is 4. The number of carbonyl (C=O) groups is 1. The number of para-hydroxylation sites is 1. The number of ether oxygens (including phenoxy) is 1. The number of hydrogen-bond donors (Lipinski definition) is 3. The molecule has 11 heteroatoms. The van der Waals surface area contributed by atoms with Crippen LogP contribution in [0.25, 0.3) is 10.9 Å². The van der Waals surface area contributed by atoms with Gasteiger partial charge in [-0.05, 0) is 36.8 Å². The van der Waals surface area contributed by atoms with E-state index in [9.17, 15) is 23.8 Å². The Kier molecular flexibility index (Phi) is 7.69. The third kappa shape index (κ3) is 6.11. The molecule has 4 rings (SSSR count). The Balaban J connectivity index is 1.41. The number of alkyl halides is 2. The summed E-state index contributed by atoms with van der Waals surface area (Å²) in [5.41, 5.74) is 2.89. The van der Waals surface area contributed by atoms with E-state index in [1.165, 1.54) is 12.1 Å². The Morgan fingerprint density at radius 3 is 2.78 bits per heavy atom. The number of phenols is 1. The minimum absolute atomic E-state index is 0.0235. The smallest absolute Gasteiger partial charge is 0.272 e. The van der Waals surface area contributed by atoms with Gasteiger partial charge in [-0.15, -0.1) is 0 Å². The fraction of sp³-hybridized carbons (Fsp3) is 0.280. The first-order chi connectivity index (χ1) is 17.3. The maximum absolute atomic E-state index is 12.4. The summed E-state index contributed by atoms with van der Waals surface area (Å²) in [6.45, 7) is 1.39. The number of aliphatic hydroxyl groups is 1. The zero-order valence-corrected chi connectivity index (χ0v) is 19.4. The van der Waals surface area contributed by atoms with Crippen molar-refractivity contribution in [3.05, 3.63) is 77.4 Å². The fourth-order valence-corrected chi connectivity index (χ4v) is 3.75. The average Bonchev–Trinajstić information content (AvgIpc) is 3.25. The normalized spacial score (nSPS) is 12.1. The number of phenolic OH excluding ortho intramolecular Hbond substituents is 1. The van der Waals surface area contributed by atoms with Crippen molar-refractivity contribution in [1.29, 1.82) is 0 Å². The van der Waals surface area contributed by atoms with Crippen LogP contribution >= 0.6 is 0 Å². The number of benzene rings is 1. The third-order valence-electron chi connectivity index (χ3n) is 5.42. The van der Waals surface area contributed by atoms with Gasteiger partial charge in [0.05, 0.1) is 29.4 Å². The Morgan fingerprint density at radius 1 is 1.22 bits per heavy atom. The molecule has 9 nitrogen and oxygen atoms in total. The second-order valence-electron chi connectivity index (χ2n) is 8.27. The summed E-state index contributed by atoms with van der Waals surface area (Å²) in [7, 11) is 0. The SMILES string of the molecule is Cc1cc(Cn2cc3c(C[C@@H](O)CNC(=O)c4ccccc4O)nccc3n2)cnc1OCC(F)F. The highest BCUT2D eigenvalue weighted by atomic mass is 19.3. The van der Waals surface area contributed by atoms with Crippen molar-refractivity contribution in [1.82, 2.24) is 25.1 Å². The number of carbonyl (C=O) groups excluding carboxylic acids is 1. The maximum Gasteiger partial charge on any atom is 0.272 e. The second-order valence-corrected chi connectivity index (χ2v) is 8.27. The Morgan fingerprint density at radius 2 is 2.03 bits per heavy atom. The van der Waals surface area contributed by atoms with Crippen LogP contribution in [0, 0.1) is 6.92 Å². The predicted octanol–water partition coefficient (Wildman–Crippen LogP) is 2.87. The van der Waals surface area contributed by atoms with Crippen LogP contribution in [0.1, 0.15) is 27.2 Å². The molecule has 0 aliphatic carbocycles. The molecule has 0 saturated carbocycles. The van der Waals surface area contributed by atoms with Crippen LogP contribution in [-0.2, 0) is 13.0 Å². The number of aliphatic hydroxyl groups excluding tert-OH is 1. The number of nitrogens with zero attached hydrogens (tertiary/aromatic N) is 4. The molecule has 3 aromatic heterocycles. The lowest BCUT2D eigenvalue weighted by Gasteiger charge is -2.12. The zero-order chi connectivity index (χ0) is 25.7. The average molecular weight is 498 g/mol. The van der Waals surface area contributed by atoms with Gasteiger partial charge in [0.2, 0.25) is 5.88 Å². The first-order valence-corrected chi connectivity index (χ1v) is 11.2. The molecular formula is C25H25F2N5O4. The van der Waals surface area contributed by atoms with Crippen LogP contribution in [0.4, 0.5) is 8.78 Å². The van der Waals surface area contributed by atoms with Gasteiger partial charge in [0, 0.05) is 42.5 Å². The molecule has 36 heavy (non-hydrogen) atoms. The molecule has 0 unspecified atom stereocenters. The molecule has 0 radical (unpaired) electrons. The summed E-state index contributed by atoms with van der Waals surface area (Å²) < 4.78 is 31.5. The number of pyridine rings is 2. The molecule has 0 saturated heterocycles. The molecule has 1 atom stereocenters. The number of aryl methyl sites for hydroxylation is 1. The van der Waals surface area contributed by atoms with Crippen LogP contribution in [0.3, 0.4) is 0 Å². The molecule has 4 aromatic rings. The molecule has 1 aromatic carbocycles. The van der Waals surface area contributed by atoms with Crippen molar-refractivity contribution in [3.63, 3.8) is 0 Å². The van der Waals surface area contributed by atoms with Crippen molar-refractivity contribution >= 4 is 16.8 Å². The number of amides is 1. The lowest BCUT2D eigenvalue weighted by atomic mass is 10.1. The lowest BCUT2D eigenvalue weighted by molar-refractivity contribution is 0.0792. The van der Waals surface area contributed by atoms with Crippen LogP contribution in [-0.4, -0.2) is 61.5 Å². The molecular weight excluding hydrogens is 472 g/mol. The predicted molar refractivity (Wildman–Crippen MR) is 127 cm³/mol. The highest BCUT2D eigenvalue weighted by Gasteiger charge is 2.16. The lowest BCUT2D eigenvalue weighted by Crippen LogP contribution is -2.33. The second kappa shape index (κ2) is 11.1. The van der Waals surface area contributed by atoms with E-state index in [-0.39, 0.29) is 30.2 Å². The molecule has 0 aliphatic rings.